The van der Waals surface area contributed by atoms with E-state index in [4.69, 9.17) is 17.3 Å². The second-order valence-electron chi connectivity index (χ2n) is 8.16. The molecule has 2 heterocycles. The Balaban J connectivity index is 1.80. The van der Waals surface area contributed by atoms with Crippen molar-refractivity contribution in [3.63, 3.8) is 0 Å². The Morgan fingerprint density at radius 2 is 1.79 bits per heavy atom. The number of nitrogens with one attached hydrogen (secondary N) is 1. The van der Waals surface area contributed by atoms with E-state index in [0.717, 1.165) is 9.36 Å². The highest BCUT2D eigenvalue weighted by Crippen LogP contribution is 2.24. The van der Waals surface area contributed by atoms with Gasteiger partial charge in [-0.15, -0.1) is 10.2 Å². The van der Waals surface area contributed by atoms with Crippen molar-refractivity contribution in [1.29, 1.82) is 0 Å². The minimum absolute atomic E-state index is 0.145. The lowest BCUT2D eigenvalue weighted by Gasteiger charge is -2.15. The van der Waals surface area contributed by atoms with E-state index < -0.39 is 42.9 Å². The number of primary amides is 1. The molecule has 2 aromatic carbocycles. The molecule has 12 nitrogen and oxygen atoms in total. The number of carbonyl (C=O) groups excluding carboxylic acids is 2. The fourth-order valence-electron chi connectivity index (χ4n) is 3.67. The van der Waals surface area contributed by atoms with Crippen molar-refractivity contribution >= 4 is 23.4 Å². The summed E-state index contributed by atoms with van der Waals surface area (Å²) in [5, 5.41) is 20.8. The van der Waals surface area contributed by atoms with Crippen molar-refractivity contribution in [2.45, 2.75) is 25.4 Å². The summed E-state index contributed by atoms with van der Waals surface area (Å²) in [6.45, 7) is -1.61. The summed E-state index contributed by atoms with van der Waals surface area (Å²) in [5.41, 5.74) is 5.01. The zero-order valence-corrected chi connectivity index (χ0v) is 20.8. The molecule has 0 aliphatic rings. The first-order valence-corrected chi connectivity index (χ1v) is 11.5. The quantitative estimate of drug-likeness (QED) is 0.291. The number of hydrogen-bond donors (Lipinski definition) is 3. The van der Waals surface area contributed by atoms with Crippen LogP contribution in [-0.2, 0) is 13.1 Å². The van der Waals surface area contributed by atoms with Crippen LogP contribution in [-0.4, -0.2) is 65.4 Å². The van der Waals surface area contributed by atoms with Crippen LogP contribution in [0.5, 0.6) is 0 Å². The summed E-state index contributed by atoms with van der Waals surface area (Å²) >= 11 is 5.90. The van der Waals surface area contributed by atoms with Gasteiger partial charge in [0.1, 0.15) is 6.54 Å². The Labute approximate surface area is 222 Å². The fraction of sp³-hybridized carbons (Fsp3) is 0.217. The number of rotatable bonds is 8. The normalized spacial score (nSPS) is 12.4. The molecule has 0 unspecified atom stereocenters. The molecular formula is C23H20ClF3N8O4. The summed E-state index contributed by atoms with van der Waals surface area (Å²) in [4.78, 5) is 41.6. The average Bonchev–Trinajstić information content (AvgIpc) is 3.45. The number of alkyl halides is 3. The van der Waals surface area contributed by atoms with Gasteiger partial charge in [-0.25, -0.2) is 19.1 Å². The van der Waals surface area contributed by atoms with Crippen molar-refractivity contribution in [2.75, 3.05) is 7.05 Å². The molecule has 0 fully saturated rings. The van der Waals surface area contributed by atoms with E-state index in [0.29, 0.717) is 9.59 Å². The molecule has 39 heavy (non-hydrogen) atoms. The molecule has 4 aromatic rings. The maximum atomic E-state index is 13.1. The second-order valence-corrected chi connectivity index (χ2v) is 8.60. The van der Waals surface area contributed by atoms with Gasteiger partial charge >= 0.3 is 11.9 Å². The third-order valence-electron chi connectivity index (χ3n) is 5.53. The number of carbonyl (C=O) groups is 2. The van der Waals surface area contributed by atoms with Gasteiger partial charge in [0.05, 0.1) is 17.8 Å². The number of amides is 2. The van der Waals surface area contributed by atoms with Gasteiger partial charge < -0.3 is 16.2 Å². The van der Waals surface area contributed by atoms with Gasteiger partial charge in [-0.2, -0.15) is 13.2 Å². The van der Waals surface area contributed by atoms with Gasteiger partial charge in [-0.1, -0.05) is 23.7 Å². The lowest BCUT2D eigenvalue weighted by molar-refractivity contribution is -0.207. The smallest absolute Gasteiger partial charge is 0.382 e. The van der Waals surface area contributed by atoms with E-state index in [9.17, 15) is 32.7 Å². The number of benzene rings is 2. The lowest BCUT2D eigenvalue weighted by Crippen LogP contribution is -2.37. The maximum absolute atomic E-state index is 13.1. The average molecular weight is 565 g/mol. The van der Waals surface area contributed by atoms with Gasteiger partial charge in [0.25, 0.3) is 11.8 Å². The molecule has 0 saturated heterocycles. The molecule has 4 rings (SSSR count). The van der Waals surface area contributed by atoms with Crippen LogP contribution in [0, 0.1) is 0 Å². The minimum Gasteiger partial charge on any atom is -0.382 e. The second kappa shape index (κ2) is 10.7. The van der Waals surface area contributed by atoms with Crippen molar-refractivity contribution in [3.8, 4) is 17.1 Å². The Kier molecular flexibility index (Phi) is 7.56. The van der Waals surface area contributed by atoms with Crippen LogP contribution in [0.25, 0.3) is 17.1 Å². The van der Waals surface area contributed by atoms with Crippen LogP contribution in [0.2, 0.25) is 5.02 Å². The van der Waals surface area contributed by atoms with Crippen molar-refractivity contribution in [2.24, 2.45) is 5.73 Å². The van der Waals surface area contributed by atoms with Crippen LogP contribution < -0.4 is 16.7 Å². The number of nitrogens with two attached hydrogens (primary N) is 1. The summed E-state index contributed by atoms with van der Waals surface area (Å²) in [7, 11) is 1.41. The first-order valence-electron chi connectivity index (χ1n) is 11.2. The third-order valence-corrected chi connectivity index (χ3v) is 5.78. The Morgan fingerprint density at radius 1 is 1.13 bits per heavy atom. The molecule has 2 aromatic heterocycles. The molecule has 16 heteroatoms. The maximum Gasteiger partial charge on any atom is 0.416 e. The van der Waals surface area contributed by atoms with Crippen LogP contribution in [0.1, 0.15) is 26.8 Å². The van der Waals surface area contributed by atoms with Crippen molar-refractivity contribution in [3.05, 3.63) is 81.3 Å². The van der Waals surface area contributed by atoms with E-state index in [1.807, 2.05) is 0 Å². The van der Waals surface area contributed by atoms with Crippen LogP contribution in [0.15, 0.2) is 53.3 Å². The molecule has 0 radical (unpaired) electrons. The Hall–Kier alpha value is -4.50. The minimum atomic E-state index is -4.99. The van der Waals surface area contributed by atoms with Crippen LogP contribution in [0.4, 0.5) is 13.2 Å². The number of nitrogens with zero attached hydrogens (tertiary/aromatic N) is 6. The zero-order valence-electron chi connectivity index (χ0n) is 20.1. The number of aliphatic hydroxyl groups excluding tert-OH is 1. The van der Waals surface area contributed by atoms with Gasteiger partial charge in [0, 0.05) is 17.6 Å². The fourth-order valence-corrected chi connectivity index (χ4v) is 3.79. The molecule has 0 bridgehead atoms. The lowest BCUT2D eigenvalue weighted by atomic mass is 10.1. The number of aliphatic hydroxyl groups is 1. The molecule has 0 aliphatic carbocycles. The highest BCUT2D eigenvalue weighted by molar-refractivity contribution is 6.30. The monoisotopic (exact) mass is 564 g/mol. The van der Waals surface area contributed by atoms with Gasteiger partial charge in [0.15, 0.2) is 17.8 Å². The number of halogens is 4. The summed E-state index contributed by atoms with van der Waals surface area (Å²) in [6.07, 6.45) is -7.84. The highest BCUT2D eigenvalue weighted by atomic mass is 35.5. The molecule has 0 spiro atoms. The van der Waals surface area contributed by atoms with Crippen molar-refractivity contribution < 1.29 is 27.9 Å². The molecule has 204 valence electrons. The topological polar surface area (TPSA) is 163 Å². The van der Waals surface area contributed by atoms with Crippen LogP contribution >= 0.6 is 11.6 Å². The van der Waals surface area contributed by atoms with E-state index in [2.05, 4.69) is 20.5 Å². The first kappa shape index (κ1) is 27.5. The molecule has 4 N–H and O–H groups in total. The van der Waals surface area contributed by atoms with E-state index in [1.54, 1.807) is 12.1 Å². The number of hydrogen-bond acceptors (Lipinski definition) is 7. The van der Waals surface area contributed by atoms with E-state index in [1.165, 1.54) is 43.4 Å². The summed E-state index contributed by atoms with van der Waals surface area (Å²) in [6, 6.07) is 12.0. The first-order chi connectivity index (χ1) is 18.4. The molecular weight excluding hydrogens is 545 g/mol. The highest BCUT2D eigenvalue weighted by Gasteiger charge is 2.39. The van der Waals surface area contributed by atoms with Crippen molar-refractivity contribution in [1.82, 2.24) is 34.4 Å². The number of aromatic nitrogens is 6. The van der Waals surface area contributed by atoms with E-state index in [-0.39, 0.29) is 34.3 Å². The summed E-state index contributed by atoms with van der Waals surface area (Å²) < 4.78 is 41.8. The molecule has 2 amide bonds. The van der Waals surface area contributed by atoms with Crippen LogP contribution in [0.3, 0.4) is 0 Å². The Bertz CT molecular complexity index is 1590. The zero-order chi connectivity index (χ0) is 28.5. The molecule has 0 aliphatic heterocycles. The third kappa shape index (κ3) is 5.68. The van der Waals surface area contributed by atoms with Gasteiger partial charge in [-0.3, -0.25) is 14.2 Å². The summed E-state index contributed by atoms with van der Waals surface area (Å²) in [5.74, 6) is -2.17. The standard InChI is InChI=1S/C23H20ClF3N8O4/c1-29-21(38)14-4-2-3-5-15(14)35-20(18(28)37)30-17(31-35)11-34-22(39)33(10-16(36)23(25,26)27)19(32-34)12-6-8-13(24)9-7-12/h2-9,16,36H,10-11H2,1H3,(H2,28,37)(H,29,38)/t16-/m0/s1. The van der Waals surface area contributed by atoms with Gasteiger partial charge in [0.2, 0.25) is 5.82 Å². The van der Waals surface area contributed by atoms with Gasteiger partial charge in [-0.05, 0) is 36.4 Å². The predicted octanol–water partition coefficient (Wildman–Crippen LogP) is 1.38. The SMILES string of the molecule is CNC(=O)c1ccccc1-n1nc(Cn2nc(-c3ccc(Cl)cc3)n(C[C@H](O)C(F)(F)F)c2=O)nc1C(N)=O. The Morgan fingerprint density at radius 3 is 2.41 bits per heavy atom. The number of para-hydroxylation sites is 1. The van der Waals surface area contributed by atoms with E-state index >= 15 is 0 Å². The molecule has 0 saturated carbocycles. The predicted molar refractivity (Wildman–Crippen MR) is 131 cm³/mol. The molecule has 1 atom stereocenters. The largest absolute Gasteiger partial charge is 0.416 e.